The standard InChI is InChI=1S/C27H36F2N2O7/c1-7-36-15-18(25(33)37-8-2)23(32)17-12-19(28)22(24(35-6)21(17)29)30-13-16-10-9-11-31(20(16)14-30)26(34)38-27(3,4)5/h12,15-16,20H,7-11,13-14H2,1-6H3/b18-15-/t16-,20?/m0/s1. The van der Waals surface area contributed by atoms with Crippen LogP contribution in [0.15, 0.2) is 17.9 Å². The number of anilines is 1. The number of piperidine rings is 1. The zero-order valence-corrected chi connectivity index (χ0v) is 22.8. The van der Waals surface area contributed by atoms with Crippen LogP contribution in [0.3, 0.4) is 0 Å². The van der Waals surface area contributed by atoms with Crippen molar-refractivity contribution in [3.8, 4) is 5.75 Å². The van der Waals surface area contributed by atoms with Crippen molar-refractivity contribution >= 4 is 23.5 Å². The molecule has 2 saturated heterocycles. The lowest BCUT2D eigenvalue weighted by molar-refractivity contribution is -0.138. The second-order valence-corrected chi connectivity index (χ2v) is 10.2. The molecule has 0 radical (unpaired) electrons. The van der Waals surface area contributed by atoms with Gasteiger partial charge in [-0.15, -0.1) is 0 Å². The topological polar surface area (TPSA) is 94.6 Å². The molecular formula is C27H36F2N2O7. The maximum atomic E-state index is 15.7. The van der Waals surface area contributed by atoms with Crippen LogP contribution < -0.4 is 9.64 Å². The molecule has 3 rings (SSSR count). The first-order valence-electron chi connectivity index (χ1n) is 12.8. The van der Waals surface area contributed by atoms with Crippen LogP contribution in [0.5, 0.6) is 5.75 Å². The van der Waals surface area contributed by atoms with Crippen LogP contribution in [0.25, 0.3) is 0 Å². The van der Waals surface area contributed by atoms with E-state index in [0.717, 1.165) is 25.2 Å². The molecule has 2 atom stereocenters. The number of methoxy groups -OCH3 is 1. The molecule has 0 spiro atoms. The van der Waals surface area contributed by atoms with Gasteiger partial charge in [0.15, 0.2) is 17.4 Å². The fourth-order valence-corrected chi connectivity index (χ4v) is 4.86. The molecule has 1 amide bonds. The third-order valence-electron chi connectivity index (χ3n) is 6.43. The van der Waals surface area contributed by atoms with Gasteiger partial charge in [0.1, 0.15) is 23.1 Å². The van der Waals surface area contributed by atoms with E-state index in [0.29, 0.717) is 13.1 Å². The van der Waals surface area contributed by atoms with Gasteiger partial charge in [0, 0.05) is 19.6 Å². The number of hydrogen-bond donors (Lipinski definition) is 0. The average molecular weight is 539 g/mol. The molecule has 1 aromatic rings. The van der Waals surface area contributed by atoms with E-state index in [9.17, 15) is 14.4 Å². The Morgan fingerprint density at radius 2 is 1.84 bits per heavy atom. The minimum atomic E-state index is -1.11. The molecule has 0 N–H and O–H groups in total. The van der Waals surface area contributed by atoms with Gasteiger partial charge in [-0.1, -0.05) is 0 Å². The molecule has 210 valence electrons. The highest BCUT2D eigenvalue weighted by atomic mass is 19.1. The maximum absolute atomic E-state index is 15.7. The predicted octanol–water partition coefficient (Wildman–Crippen LogP) is 4.48. The van der Waals surface area contributed by atoms with Crippen LogP contribution in [0.4, 0.5) is 19.3 Å². The molecule has 0 aliphatic carbocycles. The van der Waals surface area contributed by atoms with Crippen molar-refractivity contribution in [1.82, 2.24) is 4.90 Å². The molecule has 38 heavy (non-hydrogen) atoms. The minimum absolute atomic E-state index is 0.0215. The number of carbonyl (C=O) groups excluding carboxylic acids is 3. The van der Waals surface area contributed by atoms with Crippen molar-refractivity contribution in [2.45, 2.75) is 59.1 Å². The summed E-state index contributed by atoms with van der Waals surface area (Å²) in [7, 11) is 1.17. The second kappa shape index (κ2) is 12.0. The average Bonchev–Trinajstić information content (AvgIpc) is 3.27. The molecule has 2 heterocycles. The van der Waals surface area contributed by atoms with Gasteiger partial charge in [-0.3, -0.25) is 4.79 Å². The number of carbonyl (C=O) groups is 3. The summed E-state index contributed by atoms with van der Waals surface area (Å²) in [6.07, 6.45) is 2.02. The Kier molecular flexibility index (Phi) is 9.22. The van der Waals surface area contributed by atoms with Crippen LogP contribution in [0, 0.1) is 17.6 Å². The Bertz CT molecular complexity index is 1100. The molecule has 1 unspecified atom stereocenters. The number of ether oxygens (including phenoxy) is 4. The Balaban J connectivity index is 1.95. The number of ketones is 1. The molecule has 2 aliphatic heterocycles. The first-order valence-corrected chi connectivity index (χ1v) is 12.8. The monoisotopic (exact) mass is 538 g/mol. The summed E-state index contributed by atoms with van der Waals surface area (Å²) in [5.41, 5.74) is -2.06. The van der Waals surface area contributed by atoms with Crippen LogP contribution in [0.1, 0.15) is 57.8 Å². The number of rotatable bonds is 8. The summed E-state index contributed by atoms with van der Waals surface area (Å²) in [5.74, 6) is -4.55. The van der Waals surface area contributed by atoms with Crippen molar-refractivity contribution in [1.29, 1.82) is 0 Å². The fourth-order valence-electron chi connectivity index (χ4n) is 4.86. The first kappa shape index (κ1) is 29.2. The van der Waals surface area contributed by atoms with Gasteiger partial charge < -0.3 is 28.7 Å². The number of nitrogens with zero attached hydrogens (tertiary/aromatic N) is 2. The predicted molar refractivity (Wildman–Crippen MR) is 135 cm³/mol. The summed E-state index contributed by atoms with van der Waals surface area (Å²) in [6, 6.07) is 0.499. The van der Waals surface area contributed by atoms with E-state index >= 15 is 8.78 Å². The van der Waals surface area contributed by atoms with Gasteiger partial charge in [0.2, 0.25) is 5.78 Å². The summed E-state index contributed by atoms with van der Waals surface area (Å²) in [4.78, 5) is 41.5. The van der Waals surface area contributed by atoms with Crippen molar-refractivity contribution in [3.63, 3.8) is 0 Å². The molecule has 11 heteroatoms. The van der Waals surface area contributed by atoms with E-state index < -0.39 is 52.0 Å². The molecular weight excluding hydrogens is 502 g/mol. The van der Waals surface area contributed by atoms with Gasteiger partial charge in [-0.05, 0) is 59.4 Å². The number of halogens is 2. The third kappa shape index (κ3) is 6.19. The lowest BCUT2D eigenvalue weighted by Crippen LogP contribution is -2.50. The van der Waals surface area contributed by atoms with Crippen molar-refractivity contribution < 1.29 is 42.1 Å². The molecule has 0 aromatic heterocycles. The van der Waals surface area contributed by atoms with E-state index in [1.807, 2.05) is 0 Å². The molecule has 2 aliphatic rings. The van der Waals surface area contributed by atoms with Crippen molar-refractivity contribution in [2.24, 2.45) is 5.92 Å². The van der Waals surface area contributed by atoms with Gasteiger partial charge >= 0.3 is 12.1 Å². The second-order valence-electron chi connectivity index (χ2n) is 10.2. The molecule has 1 aromatic carbocycles. The van der Waals surface area contributed by atoms with E-state index in [-0.39, 0.29) is 37.4 Å². The van der Waals surface area contributed by atoms with E-state index in [1.165, 1.54) is 7.11 Å². The number of amides is 1. The Morgan fingerprint density at radius 1 is 1.13 bits per heavy atom. The van der Waals surface area contributed by atoms with E-state index in [4.69, 9.17) is 18.9 Å². The van der Waals surface area contributed by atoms with Crippen molar-refractivity contribution in [2.75, 3.05) is 44.9 Å². The van der Waals surface area contributed by atoms with Crippen LogP contribution in [-0.2, 0) is 19.0 Å². The summed E-state index contributed by atoms with van der Waals surface area (Å²) in [6.45, 7) is 9.79. The normalized spacial score (nSPS) is 19.6. The summed E-state index contributed by atoms with van der Waals surface area (Å²) >= 11 is 0. The molecule has 9 nitrogen and oxygen atoms in total. The number of esters is 1. The largest absolute Gasteiger partial charge is 0.500 e. The minimum Gasteiger partial charge on any atom is -0.500 e. The SMILES string of the molecule is CCO/C=C(\C(=O)OCC)C(=O)c1cc(F)c(N2CC3[C@@H](CCCN3C(=O)OC(C)(C)C)C2)c(OC)c1F. The molecule has 2 fully saturated rings. The van der Waals surface area contributed by atoms with Gasteiger partial charge in [0.25, 0.3) is 0 Å². The molecule has 0 saturated carbocycles. The zero-order chi connectivity index (χ0) is 28.2. The molecule has 0 bridgehead atoms. The fraction of sp³-hybridized carbons (Fsp3) is 0.593. The zero-order valence-electron chi connectivity index (χ0n) is 22.8. The van der Waals surface area contributed by atoms with Gasteiger partial charge in [-0.2, -0.15) is 0 Å². The highest BCUT2D eigenvalue weighted by Gasteiger charge is 2.44. The summed E-state index contributed by atoms with van der Waals surface area (Å²) < 4.78 is 52.0. The number of benzene rings is 1. The van der Waals surface area contributed by atoms with Crippen LogP contribution in [-0.4, -0.2) is 74.3 Å². The lowest BCUT2D eigenvalue weighted by atomic mass is 9.92. The Hall–Kier alpha value is -3.37. The van der Waals surface area contributed by atoms with Crippen LogP contribution in [0.2, 0.25) is 0 Å². The highest BCUT2D eigenvalue weighted by molar-refractivity contribution is 6.24. The van der Waals surface area contributed by atoms with Crippen LogP contribution >= 0.6 is 0 Å². The Labute approximate surface area is 221 Å². The van der Waals surface area contributed by atoms with Crippen molar-refractivity contribution in [3.05, 3.63) is 35.1 Å². The maximum Gasteiger partial charge on any atom is 0.410 e. The van der Waals surface area contributed by atoms with E-state index in [1.54, 1.807) is 44.4 Å². The first-order chi connectivity index (χ1) is 17.9. The number of Topliss-reactive ketones (excluding diaryl/α,β-unsaturated/α-hetero) is 1. The van der Waals surface area contributed by atoms with Gasteiger partial charge in [0.05, 0.1) is 31.9 Å². The highest BCUT2D eigenvalue weighted by Crippen LogP contribution is 2.42. The van der Waals surface area contributed by atoms with E-state index in [2.05, 4.69) is 0 Å². The summed E-state index contributed by atoms with van der Waals surface area (Å²) in [5, 5.41) is 0. The number of fused-ring (bicyclic) bond motifs is 1. The quantitative estimate of drug-likeness (QED) is 0.120. The van der Waals surface area contributed by atoms with Gasteiger partial charge in [-0.25, -0.2) is 18.4 Å². The third-order valence-corrected chi connectivity index (χ3v) is 6.43. The number of hydrogen-bond acceptors (Lipinski definition) is 8. The smallest absolute Gasteiger partial charge is 0.410 e. The lowest BCUT2D eigenvalue weighted by Gasteiger charge is -2.37. The Morgan fingerprint density at radius 3 is 2.45 bits per heavy atom. The number of likely N-dealkylation sites (tertiary alicyclic amines) is 1.